The minimum atomic E-state index is -0.538. The number of ether oxygens (including phenoxy) is 1. The molecule has 1 rings (SSSR count). The van der Waals surface area contributed by atoms with Crippen LogP contribution in [0.4, 0.5) is 0 Å². The number of hydrogen-bond donors (Lipinski definition) is 2. The van der Waals surface area contributed by atoms with Crippen molar-refractivity contribution < 1.29 is 14.6 Å². The van der Waals surface area contributed by atoms with Crippen molar-refractivity contribution in [1.82, 2.24) is 15.1 Å². The molecule has 1 aromatic rings. The van der Waals surface area contributed by atoms with E-state index in [-0.39, 0.29) is 19.1 Å². The van der Waals surface area contributed by atoms with E-state index in [1.165, 1.54) is 7.11 Å². The smallest absolute Gasteiger partial charge is 0.241 e. The third-order valence-corrected chi connectivity index (χ3v) is 2.56. The summed E-state index contributed by atoms with van der Waals surface area (Å²) in [5.74, 6) is -0.106. The number of aliphatic hydroxyl groups excluding tert-OH is 1. The van der Waals surface area contributed by atoms with Gasteiger partial charge in [-0.25, -0.2) is 0 Å². The van der Waals surface area contributed by atoms with Crippen molar-refractivity contribution in [2.24, 2.45) is 0 Å². The highest BCUT2D eigenvalue weighted by molar-refractivity contribution is 5.75. The van der Waals surface area contributed by atoms with Gasteiger partial charge in [-0.2, -0.15) is 5.10 Å². The maximum atomic E-state index is 11.6. The molecule has 0 saturated carbocycles. The van der Waals surface area contributed by atoms with Crippen LogP contribution in [0.2, 0.25) is 0 Å². The van der Waals surface area contributed by atoms with E-state index in [9.17, 15) is 9.90 Å². The predicted molar refractivity (Wildman–Crippen MR) is 67.2 cm³/mol. The first-order valence-corrected chi connectivity index (χ1v) is 5.97. The van der Waals surface area contributed by atoms with Gasteiger partial charge in [0.2, 0.25) is 5.91 Å². The Balaban J connectivity index is 2.28. The molecule has 0 saturated heterocycles. The molecule has 6 heteroatoms. The van der Waals surface area contributed by atoms with Crippen LogP contribution in [0.25, 0.3) is 0 Å². The second kappa shape index (κ2) is 7.13. The van der Waals surface area contributed by atoms with Crippen molar-refractivity contribution in [2.75, 3.05) is 20.3 Å². The number of carbonyl (C=O) groups excluding carboxylic acids is 1. The largest absolute Gasteiger partial charge is 0.391 e. The number of rotatable bonds is 7. The van der Waals surface area contributed by atoms with Crippen molar-refractivity contribution in [3.05, 3.63) is 17.5 Å². The lowest BCUT2D eigenvalue weighted by atomic mass is 10.2. The highest BCUT2D eigenvalue weighted by Gasteiger charge is 2.08. The molecule has 0 aliphatic carbocycles. The zero-order valence-electron chi connectivity index (χ0n) is 11.1. The number of amides is 1. The van der Waals surface area contributed by atoms with Crippen molar-refractivity contribution in [3.8, 4) is 0 Å². The molecule has 1 aromatic heterocycles. The summed E-state index contributed by atoms with van der Waals surface area (Å²) in [4.78, 5) is 11.6. The molecule has 0 aliphatic heterocycles. The minimum absolute atomic E-state index is 0.106. The standard InChI is InChI=1S/C12H21N3O3/c1-9-6-10(2)15(14-9)7-12(17)13-5-4-11(16)8-18-3/h6,11,16H,4-5,7-8H2,1-3H3,(H,13,17). The van der Waals surface area contributed by atoms with Crippen LogP contribution in [-0.4, -0.2) is 47.2 Å². The lowest BCUT2D eigenvalue weighted by Gasteiger charge is -2.10. The molecule has 18 heavy (non-hydrogen) atoms. The number of nitrogens with one attached hydrogen (secondary N) is 1. The predicted octanol–water partition coefficient (Wildman–Crippen LogP) is 0.0135. The number of carbonyl (C=O) groups is 1. The van der Waals surface area contributed by atoms with Crippen LogP contribution in [0, 0.1) is 13.8 Å². The first kappa shape index (κ1) is 14.7. The summed E-state index contributed by atoms with van der Waals surface area (Å²) in [5, 5.41) is 16.4. The summed E-state index contributed by atoms with van der Waals surface area (Å²) >= 11 is 0. The molecule has 0 aliphatic rings. The van der Waals surface area contributed by atoms with Crippen molar-refractivity contribution in [2.45, 2.75) is 32.9 Å². The number of aromatic nitrogens is 2. The molecular formula is C12H21N3O3. The van der Waals surface area contributed by atoms with Gasteiger partial charge >= 0.3 is 0 Å². The fourth-order valence-corrected chi connectivity index (χ4v) is 1.68. The van der Waals surface area contributed by atoms with Crippen LogP contribution in [0.5, 0.6) is 0 Å². The number of nitrogens with zero attached hydrogens (tertiary/aromatic N) is 2. The van der Waals surface area contributed by atoms with Gasteiger partial charge in [0.1, 0.15) is 6.54 Å². The van der Waals surface area contributed by atoms with Crippen molar-refractivity contribution >= 4 is 5.91 Å². The molecule has 6 nitrogen and oxygen atoms in total. The van der Waals surface area contributed by atoms with Crippen LogP contribution in [0.3, 0.4) is 0 Å². The fraction of sp³-hybridized carbons (Fsp3) is 0.667. The molecule has 1 unspecified atom stereocenters. The van der Waals surface area contributed by atoms with Crippen LogP contribution >= 0.6 is 0 Å². The molecule has 0 bridgehead atoms. The third-order valence-electron chi connectivity index (χ3n) is 2.56. The van der Waals surface area contributed by atoms with Crippen molar-refractivity contribution in [3.63, 3.8) is 0 Å². The normalized spacial score (nSPS) is 12.4. The maximum absolute atomic E-state index is 11.6. The molecule has 1 amide bonds. The van der Waals surface area contributed by atoms with Gasteiger partial charge in [-0.1, -0.05) is 0 Å². The van der Waals surface area contributed by atoms with Gasteiger partial charge in [-0.05, 0) is 26.3 Å². The molecule has 1 atom stereocenters. The van der Waals surface area contributed by atoms with E-state index in [0.717, 1.165) is 11.4 Å². The van der Waals surface area contributed by atoms with Crippen molar-refractivity contribution in [1.29, 1.82) is 0 Å². The summed E-state index contributed by atoms with van der Waals surface area (Å²) < 4.78 is 6.46. The Bertz CT molecular complexity index is 390. The zero-order chi connectivity index (χ0) is 13.5. The van der Waals surface area contributed by atoms with Crippen LogP contribution in [0.15, 0.2) is 6.07 Å². The molecule has 2 N–H and O–H groups in total. The minimum Gasteiger partial charge on any atom is -0.391 e. The summed E-state index contributed by atoms with van der Waals surface area (Å²) in [6.07, 6.45) is -0.0551. The lowest BCUT2D eigenvalue weighted by Crippen LogP contribution is -2.31. The summed E-state index contributed by atoms with van der Waals surface area (Å²) in [5.41, 5.74) is 1.86. The van der Waals surface area contributed by atoms with Gasteiger partial charge in [0.15, 0.2) is 0 Å². The Hall–Kier alpha value is -1.40. The van der Waals surface area contributed by atoms with E-state index in [2.05, 4.69) is 10.4 Å². The maximum Gasteiger partial charge on any atom is 0.241 e. The number of aliphatic hydroxyl groups is 1. The number of hydrogen-bond acceptors (Lipinski definition) is 4. The van der Waals surface area contributed by atoms with Gasteiger partial charge in [0.05, 0.1) is 18.4 Å². The molecule has 1 heterocycles. The van der Waals surface area contributed by atoms with Gasteiger partial charge < -0.3 is 15.2 Å². The van der Waals surface area contributed by atoms with Gasteiger partial charge in [0.25, 0.3) is 0 Å². The fourth-order valence-electron chi connectivity index (χ4n) is 1.68. The second-order valence-corrected chi connectivity index (χ2v) is 4.33. The Morgan fingerprint density at radius 1 is 1.61 bits per heavy atom. The summed E-state index contributed by atoms with van der Waals surface area (Å²) in [6.45, 7) is 4.73. The van der Waals surface area contributed by atoms with E-state index in [1.807, 2.05) is 19.9 Å². The average molecular weight is 255 g/mol. The highest BCUT2D eigenvalue weighted by atomic mass is 16.5. The second-order valence-electron chi connectivity index (χ2n) is 4.33. The van der Waals surface area contributed by atoms with E-state index in [1.54, 1.807) is 4.68 Å². The summed E-state index contributed by atoms with van der Waals surface area (Å²) in [6, 6.07) is 1.93. The Morgan fingerprint density at radius 3 is 2.89 bits per heavy atom. The van der Waals surface area contributed by atoms with Gasteiger partial charge in [-0.3, -0.25) is 9.48 Å². The molecule has 0 aromatic carbocycles. The van der Waals surface area contributed by atoms with Crippen LogP contribution in [-0.2, 0) is 16.1 Å². The third kappa shape index (κ3) is 4.85. The van der Waals surface area contributed by atoms with E-state index in [0.29, 0.717) is 13.0 Å². The molecule has 0 spiro atoms. The molecular weight excluding hydrogens is 234 g/mol. The van der Waals surface area contributed by atoms with Crippen LogP contribution < -0.4 is 5.32 Å². The van der Waals surface area contributed by atoms with E-state index in [4.69, 9.17) is 4.74 Å². The molecule has 102 valence electrons. The van der Waals surface area contributed by atoms with Gasteiger partial charge in [0, 0.05) is 19.3 Å². The topological polar surface area (TPSA) is 76.4 Å². The first-order valence-electron chi connectivity index (χ1n) is 5.97. The average Bonchev–Trinajstić information content (AvgIpc) is 2.57. The number of methoxy groups -OCH3 is 1. The number of aryl methyl sites for hydroxylation is 2. The SMILES string of the molecule is COCC(O)CCNC(=O)Cn1nc(C)cc1C. The Labute approximate surface area is 107 Å². The van der Waals surface area contributed by atoms with Crippen LogP contribution in [0.1, 0.15) is 17.8 Å². The highest BCUT2D eigenvalue weighted by Crippen LogP contribution is 2.01. The monoisotopic (exact) mass is 255 g/mol. The van der Waals surface area contributed by atoms with Gasteiger partial charge in [-0.15, -0.1) is 0 Å². The quantitative estimate of drug-likeness (QED) is 0.720. The Morgan fingerprint density at radius 2 is 2.33 bits per heavy atom. The van der Waals surface area contributed by atoms with E-state index < -0.39 is 6.10 Å². The van der Waals surface area contributed by atoms with E-state index >= 15 is 0 Å². The Kier molecular flexibility index (Phi) is 5.80. The first-order chi connectivity index (χ1) is 8.52. The summed E-state index contributed by atoms with van der Waals surface area (Å²) in [7, 11) is 1.53. The molecule has 0 radical (unpaired) electrons. The molecule has 0 fully saturated rings. The zero-order valence-corrected chi connectivity index (χ0v) is 11.1. The lowest BCUT2D eigenvalue weighted by molar-refractivity contribution is -0.122.